The molecule has 0 unspecified atom stereocenters. The van der Waals surface area contributed by atoms with Crippen LogP contribution in [0.15, 0.2) is 12.1 Å². The first kappa shape index (κ1) is 20.8. The molecule has 1 fully saturated rings. The van der Waals surface area contributed by atoms with Crippen LogP contribution in [0.2, 0.25) is 0 Å². The summed E-state index contributed by atoms with van der Waals surface area (Å²) in [6.45, 7) is 4.28. The van der Waals surface area contributed by atoms with Crippen molar-refractivity contribution in [1.82, 2.24) is 4.90 Å². The molecule has 6 heteroatoms. The van der Waals surface area contributed by atoms with E-state index >= 15 is 0 Å². The van der Waals surface area contributed by atoms with Gasteiger partial charge in [0.25, 0.3) is 0 Å². The summed E-state index contributed by atoms with van der Waals surface area (Å²) < 4.78 is 11.0. The van der Waals surface area contributed by atoms with Crippen LogP contribution in [0.3, 0.4) is 0 Å². The zero-order valence-electron chi connectivity index (χ0n) is 15.9. The maximum absolute atomic E-state index is 11.4. The highest BCUT2D eigenvalue weighted by atomic mass is 35.5. The molecule has 0 bridgehead atoms. The van der Waals surface area contributed by atoms with Crippen LogP contribution in [-0.2, 0) is 16.8 Å². The lowest BCUT2D eigenvalue weighted by Gasteiger charge is -2.51. The number of fused-ring (bicyclic) bond motifs is 2. The number of carboxylic acid groups (broad SMARTS) is 1. The van der Waals surface area contributed by atoms with E-state index in [1.165, 1.54) is 11.1 Å². The standard InChI is InChI=1S/C20H29NO4.ClH/c1-4-10-21-11-7-15-12-17(24-2)18(25-3)13-16(15)20(21)8-5-14(6-9-20)19(22)23;/h12-14H,4-11H2,1-3H3,(H,22,23);1H/t14-,20+;. The van der Waals surface area contributed by atoms with Crippen LogP contribution in [0.1, 0.15) is 50.2 Å². The van der Waals surface area contributed by atoms with E-state index in [0.717, 1.165) is 63.1 Å². The Morgan fingerprint density at radius 2 is 1.85 bits per heavy atom. The fraction of sp³-hybridized carbons (Fsp3) is 0.650. The van der Waals surface area contributed by atoms with Gasteiger partial charge in [-0.1, -0.05) is 6.92 Å². The second-order valence-electron chi connectivity index (χ2n) is 7.25. The van der Waals surface area contributed by atoms with Crippen molar-refractivity contribution in [3.63, 3.8) is 0 Å². The molecule has 0 atom stereocenters. The van der Waals surface area contributed by atoms with Crippen molar-refractivity contribution in [2.24, 2.45) is 5.92 Å². The average molecular weight is 384 g/mol. The Kier molecular flexibility index (Phi) is 6.80. The summed E-state index contributed by atoms with van der Waals surface area (Å²) in [4.78, 5) is 14.0. The quantitative estimate of drug-likeness (QED) is 0.836. The number of carbonyl (C=O) groups is 1. The van der Waals surface area contributed by atoms with Gasteiger partial charge < -0.3 is 14.6 Å². The molecule has 0 aromatic heterocycles. The molecule has 2 aliphatic rings. The SMILES string of the molecule is CCCN1CCc2cc(OC)c(OC)cc2[C@]12CC[C@H](C(=O)O)CC2.Cl. The van der Waals surface area contributed by atoms with Gasteiger partial charge in [0.15, 0.2) is 11.5 Å². The first-order valence-corrected chi connectivity index (χ1v) is 9.29. The molecular formula is C20H30ClNO4. The number of methoxy groups -OCH3 is 2. The molecule has 0 amide bonds. The summed E-state index contributed by atoms with van der Waals surface area (Å²) in [6.07, 6.45) is 5.37. The predicted molar refractivity (Wildman–Crippen MR) is 104 cm³/mol. The number of halogens is 1. The molecule has 1 spiro atoms. The Hall–Kier alpha value is -1.46. The van der Waals surface area contributed by atoms with Gasteiger partial charge in [0.05, 0.1) is 20.1 Å². The fourth-order valence-electron chi connectivity index (χ4n) is 4.72. The minimum absolute atomic E-state index is 0. The minimum Gasteiger partial charge on any atom is -0.493 e. The van der Waals surface area contributed by atoms with Gasteiger partial charge in [0, 0.05) is 12.1 Å². The van der Waals surface area contributed by atoms with E-state index in [1.807, 2.05) is 0 Å². The number of rotatable bonds is 5. The van der Waals surface area contributed by atoms with Crippen LogP contribution >= 0.6 is 12.4 Å². The average Bonchev–Trinajstić information content (AvgIpc) is 2.63. The van der Waals surface area contributed by atoms with Crippen LogP contribution in [0, 0.1) is 5.92 Å². The van der Waals surface area contributed by atoms with Crippen molar-refractivity contribution in [2.45, 2.75) is 51.0 Å². The number of hydrogen-bond donors (Lipinski definition) is 1. The van der Waals surface area contributed by atoms with E-state index in [4.69, 9.17) is 9.47 Å². The van der Waals surface area contributed by atoms with Crippen LogP contribution in [0.25, 0.3) is 0 Å². The Bertz CT molecular complexity index is 641. The topological polar surface area (TPSA) is 59.0 Å². The number of benzene rings is 1. The number of aliphatic carboxylic acids is 1. The van der Waals surface area contributed by atoms with E-state index in [2.05, 4.69) is 24.0 Å². The van der Waals surface area contributed by atoms with E-state index < -0.39 is 5.97 Å². The molecule has 0 saturated heterocycles. The minimum atomic E-state index is -0.653. The molecule has 3 rings (SSSR count). The number of carboxylic acids is 1. The van der Waals surface area contributed by atoms with Gasteiger partial charge in [-0.05, 0) is 68.3 Å². The second-order valence-corrected chi connectivity index (χ2v) is 7.25. The second kappa shape index (κ2) is 8.49. The summed E-state index contributed by atoms with van der Waals surface area (Å²) in [5.74, 6) is 0.679. The summed E-state index contributed by atoms with van der Waals surface area (Å²) in [7, 11) is 3.34. The van der Waals surface area contributed by atoms with Crippen molar-refractivity contribution in [3.05, 3.63) is 23.3 Å². The molecule has 1 aromatic rings. The molecule has 146 valence electrons. The fourth-order valence-corrected chi connectivity index (χ4v) is 4.72. The third-order valence-electron chi connectivity index (χ3n) is 6.02. The Morgan fingerprint density at radius 3 is 2.38 bits per heavy atom. The summed E-state index contributed by atoms with van der Waals surface area (Å²) in [5.41, 5.74) is 2.57. The molecular weight excluding hydrogens is 354 g/mol. The summed E-state index contributed by atoms with van der Waals surface area (Å²) in [6, 6.07) is 4.25. The van der Waals surface area contributed by atoms with E-state index in [-0.39, 0.29) is 23.9 Å². The van der Waals surface area contributed by atoms with E-state index in [9.17, 15) is 9.90 Å². The van der Waals surface area contributed by atoms with Gasteiger partial charge in [0.2, 0.25) is 0 Å². The van der Waals surface area contributed by atoms with Crippen LogP contribution in [0.4, 0.5) is 0 Å². The zero-order valence-corrected chi connectivity index (χ0v) is 16.7. The molecule has 1 saturated carbocycles. The maximum Gasteiger partial charge on any atom is 0.306 e. The smallest absolute Gasteiger partial charge is 0.306 e. The monoisotopic (exact) mass is 383 g/mol. The predicted octanol–water partition coefficient (Wildman–Crippen LogP) is 3.86. The highest BCUT2D eigenvalue weighted by molar-refractivity contribution is 5.85. The maximum atomic E-state index is 11.4. The Labute approximate surface area is 162 Å². The van der Waals surface area contributed by atoms with Crippen molar-refractivity contribution in [1.29, 1.82) is 0 Å². The molecule has 1 aliphatic carbocycles. The van der Waals surface area contributed by atoms with Crippen LogP contribution < -0.4 is 9.47 Å². The van der Waals surface area contributed by atoms with Gasteiger partial charge in [-0.3, -0.25) is 9.69 Å². The lowest BCUT2D eigenvalue weighted by molar-refractivity contribution is -0.144. The first-order valence-electron chi connectivity index (χ1n) is 9.29. The lowest BCUT2D eigenvalue weighted by atomic mass is 9.68. The van der Waals surface area contributed by atoms with Crippen molar-refractivity contribution in [3.8, 4) is 11.5 Å². The highest BCUT2D eigenvalue weighted by Gasteiger charge is 2.46. The van der Waals surface area contributed by atoms with Crippen molar-refractivity contribution >= 4 is 18.4 Å². The number of hydrogen-bond acceptors (Lipinski definition) is 4. The molecule has 1 N–H and O–H groups in total. The van der Waals surface area contributed by atoms with Gasteiger partial charge in [-0.25, -0.2) is 0 Å². The third-order valence-corrected chi connectivity index (χ3v) is 6.02. The Balaban J connectivity index is 0.00000243. The molecule has 5 nitrogen and oxygen atoms in total. The van der Waals surface area contributed by atoms with Crippen LogP contribution in [0.5, 0.6) is 11.5 Å². The van der Waals surface area contributed by atoms with Crippen LogP contribution in [-0.4, -0.2) is 43.3 Å². The summed E-state index contributed by atoms with van der Waals surface area (Å²) in [5, 5.41) is 9.39. The largest absolute Gasteiger partial charge is 0.493 e. The lowest BCUT2D eigenvalue weighted by Crippen LogP contribution is -2.53. The third kappa shape index (κ3) is 3.52. The normalized spacial score (nSPS) is 25.3. The Morgan fingerprint density at radius 1 is 1.23 bits per heavy atom. The molecule has 1 aliphatic heterocycles. The van der Waals surface area contributed by atoms with Crippen molar-refractivity contribution < 1.29 is 19.4 Å². The van der Waals surface area contributed by atoms with Crippen molar-refractivity contribution in [2.75, 3.05) is 27.3 Å². The molecule has 1 heterocycles. The summed E-state index contributed by atoms with van der Waals surface area (Å²) >= 11 is 0. The number of ether oxygens (including phenoxy) is 2. The van der Waals surface area contributed by atoms with E-state index in [0.29, 0.717) is 0 Å². The zero-order chi connectivity index (χ0) is 18.0. The van der Waals surface area contributed by atoms with Gasteiger partial charge in [-0.2, -0.15) is 0 Å². The molecule has 1 aromatic carbocycles. The first-order chi connectivity index (χ1) is 12.1. The van der Waals surface area contributed by atoms with Gasteiger partial charge in [-0.15, -0.1) is 12.4 Å². The van der Waals surface area contributed by atoms with Gasteiger partial charge in [0.1, 0.15) is 0 Å². The number of nitrogens with zero attached hydrogens (tertiary/aromatic N) is 1. The molecule has 0 radical (unpaired) electrons. The highest BCUT2D eigenvalue weighted by Crippen LogP contribution is 2.50. The van der Waals surface area contributed by atoms with Gasteiger partial charge >= 0.3 is 5.97 Å². The molecule has 26 heavy (non-hydrogen) atoms. The van der Waals surface area contributed by atoms with E-state index in [1.54, 1.807) is 14.2 Å².